The zero-order chi connectivity index (χ0) is 16.9. The lowest BCUT2D eigenvalue weighted by atomic mass is 10.2. The molecule has 1 saturated heterocycles. The molecular weight excluding hydrogens is 345 g/mol. The standard InChI is InChI=1S/C18H19Cl2N3O/c19-15-10-16(20)12-17(11-15)21-18(24)23-8-6-22(7-9-23)13-14-4-2-1-3-5-14/h1-5,10-12H,6-9,13H2,(H,21,24)/p+1. The topological polar surface area (TPSA) is 36.8 Å². The van der Waals surface area contributed by atoms with E-state index in [1.165, 1.54) is 10.5 Å². The number of nitrogens with zero attached hydrogens (tertiary/aromatic N) is 1. The maximum Gasteiger partial charge on any atom is 0.322 e. The van der Waals surface area contributed by atoms with Gasteiger partial charge >= 0.3 is 6.03 Å². The number of urea groups is 1. The maximum absolute atomic E-state index is 12.4. The molecule has 1 fully saturated rings. The second-order valence-corrected chi connectivity index (χ2v) is 6.86. The average Bonchev–Trinajstić information content (AvgIpc) is 2.55. The van der Waals surface area contributed by atoms with Crippen LogP contribution >= 0.6 is 23.2 Å². The molecule has 0 bridgehead atoms. The molecule has 0 aromatic heterocycles. The quantitative estimate of drug-likeness (QED) is 0.862. The lowest BCUT2D eigenvalue weighted by molar-refractivity contribution is -0.917. The van der Waals surface area contributed by atoms with Crippen LogP contribution in [0.4, 0.5) is 10.5 Å². The summed E-state index contributed by atoms with van der Waals surface area (Å²) in [5.41, 5.74) is 1.95. The van der Waals surface area contributed by atoms with Crippen molar-refractivity contribution in [2.75, 3.05) is 31.5 Å². The van der Waals surface area contributed by atoms with E-state index in [0.29, 0.717) is 15.7 Å². The minimum absolute atomic E-state index is 0.105. The highest BCUT2D eigenvalue weighted by atomic mass is 35.5. The van der Waals surface area contributed by atoms with E-state index >= 15 is 0 Å². The summed E-state index contributed by atoms with van der Waals surface area (Å²) < 4.78 is 0. The van der Waals surface area contributed by atoms with Gasteiger partial charge in [-0.15, -0.1) is 0 Å². The van der Waals surface area contributed by atoms with E-state index in [-0.39, 0.29) is 6.03 Å². The fourth-order valence-corrected chi connectivity index (χ4v) is 3.44. The van der Waals surface area contributed by atoms with Crippen LogP contribution in [0.25, 0.3) is 0 Å². The molecular formula is C18H20Cl2N3O+. The van der Waals surface area contributed by atoms with Crippen molar-refractivity contribution in [2.45, 2.75) is 6.54 Å². The molecule has 6 heteroatoms. The number of carbonyl (C=O) groups is 1. The fraction of sp³-hybridized carbons (Fsp3) is 0.278. The van der Waals surface area contributed by atoms with Gasteiger partial charge in [-0.05, 0) is 18.2 Å². The number of anilines is 1. The zero-order valence-electron chi connectivity index (χ0n) is 13.3. The van der Waals surface area contributed by atoms with Crippen LogP contribution in [0.2, 0.25) is 10.0 Å². The van der Waals surface area contributed by atoms with Gasteiger partial charge in [0.2, 0.25) is 0 Å². The Morgan fingerprint density at radius 1 is 1.04 bits per heavy atom. The SMILES string of the molecule is O=C(Nc1cc(Cl)cc(Cl)c1)N1CC[NH+](Cc2ccccc2)CC1. The van der Waals surface area contributed by atoms with Crippen LogP contribution in [0.3, 0.4) is 0 Å². The predicted octanol–water partition coefficient (Wildman–Crippen LogP) is 2.93. The van der Waals surface area contributed by atoms with Crippen LogP contribution in [-0.2, 0) is 6.54 Å². The van der Waals surface area contributed by atoms with Crippen LogP contribution < -0.4 is 10.2 Å². The highest BCUT2D eigenvalue weighted by molar-refractivity contribution is 6.35. The molecule has 24 heavy (non-hydrogen) atoms. The van der Waals surface area contributed by atoms with E-state index in [9.17, 15) is 4.79 Å². The van der Waals surface area contributed by atoms with E-state index < -0.39 is 0 Å². The lowest BCUT2D eigenvalue weighted by Crippen LogP contribution is -3.13. The Labute approximate surface area is 152 Å². The molecule has 1 aliphatic heterocycles. The zero-order valence-corrected chi connectivity index (χ0v) is 14.8. The number of nitrogens with one attached hydrogen (secondary N) is 2. The molecule has 0 aliphatic carbocycles. The van der Waals surface area contributed by atoms with Crippen molar-refractivity contribution < 1.29 is 9.69 Å². The van der Waals surface area contributed by atoms with E-state index in [4.69, 9.17) is 23.2 Å². The van der Waals surface area contributed by atoms with Gasteiger partial charge in [0.25, 0.3) is 0 Å². The van der Waals surface area contributed by atoms with Gasteiger partial charge in [0.1, 0.15) is 6.54 Å². The highest BCUT2D eigenvalue weighted by Crippen LogP contribution is 2.22. The van der Waals surface area contributed by atoms with Crippen LogP contribution in [0.1, 0.15) is 5.56 Å². The smallest absolute Gasteiger partial charge is 0.322 e. The number of carbonyl (C=O) groups excluding carboxylic acids is 1. The molecule has 1 heterocycles. The van der Waals surface area contributed by atoms with Crippen molar-refractivity contribution in [1.82, 2.24) is 4.90 Å². The predicted molar refractivity (Wildman–Crippen MR) is 97.9 cm³/mol. The molecule has 126 valence electrons. The van der Waals surface area contributed by atoms with Gasteiger partial charge < -0.3 is 15.1 Å². The number of hydrogen-bond acceptors (Lipinski definition) is 1. The molecule has 1 aliphatic rings. The molecule has 2 N–H and O–H groups in total. The molecule has 2 aromatic carbocycles. The monoisotopic (exact) mass is 364 g/mol. The normalized spacial score (nSPS) is 15.3. The molecule has 0 atom stereocenters. The Hall–Kier alpha value is -1.75. The molecule has 3 rings (SSSR count). The van der Waals surface area contributed by atoms with E-state index in [1.54, 1.807) is 18.2 Å². The summed E-state index contributed by atoms with van der Waals surface area (Å²) in [4.78, 5) is 15.7. The van der Waals surface area contributed by atoms with Gasteiger partial charge in [0.05, 0.1) is 26.2 Å². The Morgan fingerprint density at radius 2 is 1.67 bits per heavy atom. The number of benzene rings is 2. The number of piperazine rings is 1. The van der Waals surface area contributed by atoms with Crippen molar-refractivity contribution >= 4 is 34.9 Å². The Bertz CT molecular complexity index is 680. The summed E-state index contributed by atoms with van der Waals surface area (Å²) in [5.74, 6) is 0. The number of amides is 2. The third kappa shape index (κ3) is 4.63. The van der Waals surface area contributed by atoms with Crippen molar-refractivity contribution in [3.63, 3.8) is 0 Å². The summed E-state index contributed by atoms with van der Waals surface area (Å²) in [5, 5.41) is 3.89. The van der Waals surface area contributed by atoms with Crippen molar-refractivity contribution in [1.29, 1.82) is 0 Å². The van der Waals surface area contributed by atoms with Crippen LogP contribution in [-0.4, -0.2) is 37.1 Å². The van der Waals surface area contributed by atoms with E-state index in [2.05, 4.69) is 29.6 Å². The minimum Gasteiger partial charge on any atom is -0.328 e. The Morgan fingerprint density at radius 3 is 2.29 bits per heavy atom. The molecule has 0 spiro atoms. The molecule has 0 radical (unpaired) electrons. The van der Waals surface area contributed by atoms with Gasteiger partial charge in [-0.3, -0.25) is 0 Å². The summed E-state index contributed by atoms with van der Waals surface area (Å²) in [6.45, 7) is 4.36. The first kappa shape index (κ1) is 17.1. The largest absolute Gasteiger partial charge is 0.328 e. The lowest BCUT2D eigenvalue weighted by Gasteiger charge is -2.32. The van der Waals surface area contributed by atoms with Gasteiger partial charge in [-0.1, -0.05) is 53.5 Å². The minimum atomic E-state index is -0.105. The highest BCUT2D eigenvalue weighted by Gasteiger charge is 2.23. The van der Waals surface area contributed by atoms with Gasteiger partial charge in [0.15, 0.2) is 0 Å². The first-order chi connectivity index (χ1) is 11.6. The fourth-order valence-electron chi connectivity index (χ4n) is 2.92. The number of rotatable bonds is 3. The molecule has 0 saturated carbocycles. The number of quaternary nitrogens is 1. The summed E-state index contributed by atoms with van der Waals surface area (Å²) in [6.07, 6.45) is 0. The summed E-state index contributed by atoms with van der Waals surface area (Å²) >= 11 is 11.9. The first-order valence-corrected chi connectivity index (χ1v) is 8.75. The van der Waals surface area contributed by atoms with Gasteiger partial charge in [0, 0.05) is 21.3 Å². The van der Waals surface area contributed by atoms with Crippen LogP contribution in [0.15, 0.2) is 48.5 Å². The third-order valence-corrected chi connectivity index (χ3v) is 4.60. The third-order valence-electron chi connectivity index (χ3n) is 4.17. The molecule has 2 aromatic rings. The molecule has 0 unspecified atom stereocenters. The second kappa shape index (κ2) is 7.88. The van der Waals surface area contributed by atoms with Gasteiger partial charge in [-0.2, -0.15) is 0 Å². The number of halogens is 2. The van der Waals surface area contributed by atoms with Gasteiger partial charge in [-0.25, -0.2) is 4.79 Å². The summed E-state index contributed by atoms with van der Waals surface area (Å²) in [7, 11) is 0. The van der Waals surface area contributed by atoms with E-state index in [0.717, 1.165) is 32.7 Å². The van der Waals surface area contributed by atoms with Crippen LogP contribution in [0, 0.1) is 0 Å². The second-order valence-electron chi connectivity index (χ2n) is 5.99. The van der Waals surface area contributed by atoms with Crippen LogP contribution in [0.5, 0.6) is 0 Å². The van der Waals surface area contributed by atoms with Crippen molar-refractivity contribution in [3.05, 3.63) is 64.1 Å². The average molecular weight is 365 g/mol. The van der Waals surface area contributed by atoms with Crippen molar-refractivity contribution in [3.8, 4) is 0 Å². The maximum atomic E-state index is 12.4. The first-order valence-electron chi connectivity index (χ1n) is 8.00. The summed E-state index contributed by atoms with van der Waals surface area (Å²) in [6, 6.07) is 15.4. The Balaban J connectivity index is 1.51. The number of hydrogen-bond donors (Lipinski definition) is 2. The van der Waals surface area contributed by atoms with E-state index in [1.807, 2.05) is 11.0 Å². The molecule has 2 amide bonds. The van der Waals surface area contributed by atoms with Crippen molar-refractivity contribution in [2.24, 2.45) is 0 Å². The Kier molecular flexibility index (Phi) is 5.61. The molecule has 4 nitrogen and oxygen atoms in total.